The van der Waals surface area contributed by atoms with E-state index in [0.29, 0.717) is 11.6 Å². The molecule has 0 amide bonds. The summed E-state index contributed by atoms with van der Waals surface area (Å²) in [5, 5.41) is 11.7. The monoisotopic (exact) mass is 384 g/mol. The Morgan fingerprint density at radius 2 is 1.74 bits per heavy atom. The first-order chi connectivity index (χ1) is 13.2. The lowest BCUT2D eigenvalue weighted by Crippen LogP contribution is -2.46. The number of piperazine rings is 1. The molecule has 3 aromatic rings. The van der Waals surface area contributed by atoms with Gasteiger partial charge in [-0.15, -0.1) is 5.10 Å². The van der Waals surface area contributed by atoms with Gasteiger partial charge in [0.1, 0.15) is 5.82 Å². The van der Waals surface area contributed by atoms with Crippen molar-refractivity contribution >= 4 is 34.7 Å². The smallest absolute Gasteiger partial charge is 0.249 e. The van der Waals surface area contributed by atoms with Crippen molar-refractivity contribution in [1.82, 2.24) is 15.2 Å². The van der Waals surface area contributed by atoms with Crippen LogP contribution < -0.4 is 15.1 Å². The second-order valence-electron chi connectivity index (χ2n) is 6.23. The van der Waals surface area contributed by atoms with Gasteiger partial charge < -0.3 is 15.1 Å². The van der Waals surface area contributed by atoms with E-state index in [2.05, 4.69) is 36.4 Å². The zero-order chi connectivity index (χ0) is 18.6. The van der Waals surface area contributed by atoms with Crippen molar-refractivity contribution in [1.29, 1.82) is 0 Å². The molecule has 8 heteroatoms. The number of halogens is 2. The molecule has 0 radical (unpaired) electrons. The van der Waals surface area contributed by atoms with Crippen LogP contribution in [0.15, 0.2) is 54.7 Å². The topological polar surface area (TPSA) is 57.2 Å². The Bertz CT molecular complexity index is 929. The molecule has 6 nitrogen and oxygen atoms in total. The summed E-state index contributed by atoms with van der Waals surface area (Å²) in [6.45, 7) is 3.34. The minimum absolute atomic E-state index is 0.318. The van der Waals surface area contributed by atoms with Crippen LogP contribution in [0, 0.1) is 5.82 Å². The van der Waals surface area contributed by atoms with Gasteiger partial charge in [-0.25, -0.2) is 4.39 Å². The fraction of sp³-hybridized carbons (Fsp3) is 0.211. The Balaban J connectivity index is 1.42. The lowest BCUT2D eigenvalue weighted by atomic mass is 10.2. The number of rotatable bonds is 4. The first kappa shape index (κ1) is 17.5. The molecule has 0 atom stereocenters. The Hall–Kier alpha value is -2.93. The molecule has 2 heterocycles. The van der Waals surface area contributed by atoms with Crippen LogP contribution in [0.2, 0.25) is 5.02 Å². The highest BCUT2D eigenvalue weighted by Crippen LogP contribution is 2.22. The zero-order valence-electron chi connectivity index (χ0n) is 14.5. The Morgan fingerprint density at radius 3 is 2.52 bits per heavy atom. The van der Waals surface area contributed by atoms with Crippen LogP contribution in [0.4, 0.5) is 27.5 Å². The van der Waals surface area contributed by atoms with Gasteiger partial charge in [-0.1, -0.05) is 23.7 Å². The quantitative estimate of drug-likeness (QED) is 0.739. The third-order valence-electron chi connectivity index (χ3n) is 4.40. The summed E-state index contributed by atoms with van der Waals surface area (Å²) in [6, 6.07) is 14.0. The maximum Gasteiger partial charge on any atom is 0.249 e. The van der Waals surface area contributed by atoms with Gasteiger partial charge >= 0.3 is 0 Å². The van der Waals surface area contributed by atoms with Crippen LogP contribution in [0.1, 0.15) is 0 Å². The van der Waals surface area contributed by atoms with Crippen molar-refractivity contribution in [3.05, 3.63) is 65.6 Å². The largest absolute Gasteiger partial charge is 0.368 e. The van der Waals surface area contributed by atoms with Gasteiger partial charge in [-0.3, -0.25) is 0 Å². The molecule has 1 fully saturated rings. The number of hydrogen-bond donors (Lipinski definition) is 1. The number of aromatic nitrogens is 3. The minimum atomic E-state index is -0.318. The molecule has 0 saturated carbocycles. The number of nitrogens with zero attached hydrogens (tertiary/aromatic N) is 5. The molecule has 1 saturated heterocycles. The molecule has 138 valence electrons. The van der Waals surface area contributed by atoms with Crippen molar-refractivity contribution < 1.29 is 4.39 Å². The van der Waals surface area contributed by atoms with Crippen LogP contribution in [0.5, 0.6) is 0 Å². The van der Waals surface area contributed by atoms with E-state index in [0.717, 1.165) is 42.7 Å². The predicted molar refractivity (Wildman–Crippen MR) is 105 cm³/mol. The highest BCUT2D eigenvalue weighted by molar-refractivity contribution is 6.30. The van der Waals surface area contributed by atoms with Crippen LogP contribution >= 0.6 is 11.6 Å². The summed E-state index contributed by atoms with van der Waals surface area (Å²) < 4.78 is 13.3. The van der Waals surface area contributed by atoms with Gasteiger partial charge in [0.25, 0.3) is 0 Å². The minimum Gasteiger partial charge on any atom is -0.368 e. The van der Waals surface area contributed by atoms with E-state index in [1.165, 1.54) is 12.1 Å². The Labute approximate surface area is 161 Å². The molecule has 1 aliphatic rings. The van der Waals surface area contributed by atoms with E-state index in [1.54, 1.807) is 18.3 Å². The molecule has 1 aromatic heterocycles. The highest BCUT2D eigenvalue weighted by Gasteiger charge is 2.19. The second-order valence-corrected chi connectivity index (χ2v) is 6.66. The average Bonchev–Trinajstić information content (AvgIpc) is 2.68. The van der Waals surface area contributed by atoms with E-state index in [-0.39, 0.29) is 5.82 Å². The van der Waals surface area contributed by atoms with Gasteiger partial charge in [0.2, 0.25) is 5.95 Å². The zero-order valence-corrected chi connectivity index (χ0v) is 15.3. The summed E-state index contributed by atoms with van der Waals surface area (Å²) in [4.78, 5) is 8.97. The van der Waals surface area contributed by atoms with Crippen LogP contribution in [0.3, 0.4) is 0 Å². The molecule has 27 heavy (non-hydrogen) atoms. The van der Waals surface area contributed by atoms with E-state index in [4.69, 9.17) is 11.6 Å². The fourth-order valence-electron chi connectivity index (χ4n) is 3.06. The molecule has 0 aliphatic carbocycles. The van der Waals surface area contributed by atoms with Crippen LogP contribution in [0.25, 0.3) is 0 Å². The maximum absolute atomic E-state index is 13.3. The predicted octanol–water partition coefficient (Wildman–Crippen LogP) is 3.73. The lowest BCUT2D eigenvalue weighted by Gasteiger charge is -2.36. The summed E-state index contributed by atoms with van der Waals surface area (Å²) in [5.41, 5.74) is 1.70. The third-order valence-corrected chi connectivity index (χ3v) is 4.64. The molecular formula is C19H18ClFN6. The van der Waals surface area contributed by atoms with Gasteiger partial charge in [0.05, 0.1) is 6.20 Å². The summed E-state index contributed by atoms with van der Waals surface area (Å²) in [7, 11) is 0. The summed E-state index contributed by atoms with van der Waals surface area (Å²) >= 11 is 6.09. The molecule has 1 aliphatic heterocycles. The molecule has 4 rings (SSSR count). The molecule has 0 spiro atoms. The van der Waals surface area contributed by atoms with Crippen molar-refractivity contribution in [3.63, 3.8) is 0 Å². The average molecular weight is 385 g/mol. The van der Waals surface area contributed by atoms with Crippen LogP contribution in [-0.2, 0) is 0 Å². The van der Waals surface area contributed by atoms with E-state index >= 15 is 0 Å². The third kappa shape index (κ3) is 4.25. The van der Waals surface area contributed by atoms with Crippen molar-refractivity contribution in [2.75, 3.05) is 41.3 Å². The van der Waals surface area contributed by atoms with Gasteiger partial charge in [-0.2, -0.15) is 10.1 Å². The number of nitrogens with one attached hydrogen (secondary N) is 1. The van der Waals surface area contributed by atoms with Crippen molar-refractivity contribution in [3.8, 4) is 0 Å². The summed E-state index contributed by atoms with van der Waals surface area (Å²) in [5.74, 6) is 0.770. The van der Waals surface area contributed by atoms with Crippen molar-refractivity contribution in [2.45, 2.75) is 0 Å². The number of benzene rings is 2. The summed E-state index contributed by atoms with van der Waals surface area (Å²) in [6.07, 6.45) is 1.64. The molecular weight excluding hydrogens is 367 g/mol. The Morgan fingerprint density at radius 1 is 0.963 bits per heavy atom. The first-order valence-corrected chi connectivity index (χ1v) is 9.03. The first-order valence-electron chi connectivity index (χ1n) is 8.65. The number of anilines is 4. The Kier molecular flexibility index (Phi) is 5.02. The molecule has 2 aromatic carbocycles. The van der Waals surface area contributed by atoms with E-state index in [1.807, 2.05) is 18.2 Å². The fourth-order valence-corrected chi connectivity index (χ4v) is 3.25. The highest BCUT2D eigenvalue weighted by atomic mass is 35.5. The van der Waals surface area contributed by atoms with Crippen LogP contribution in [-0.4, -0.2) is 41.4 Å². The standard InChI is InChI=1S/C19H18ClFN6/c20-14-3-1-6-17(11-14)26-7-9-27(10-8-26)18-13-22-25-19(24-18)23-16-5-2-4-15(21)12-16/h1-6,11-13H,7-10H2,(H,23,24,25). The van der Waals surface area contributed by atoms with Gasteiger partial charge in [0, 0.05) is 42.6 Å². The molecule has 0 bridgehead atoms. The van der Waals surface area contributed by atoms with Crippen molar-refractivity contribution in [2.24, 2.45) is 0 Å². The second kappa shape index (κ2) is 7.75. The SMILES string of the molecule is Fc1cccc(Nc2nncc(N3CCN(c4cccc(Cl)c4)CC3)n2)c1. The lowest BCUT2D eigenvalue weighted by molar-refractivity contribution is 0.628. The van der Waals surface area contributed by atoms with Gasteiger partial charge in [0.15, 0.2) is 5.82 Å². The molecule has 1 N–H and O–H groups in total. The maximum atomic E-state index is 13.3. The normalized spacial score (nSPS) is 14.3. The molecule has 0 unspecified atom stereocenters. The van der Waals surface area contributed by atoms with Gasteiger partial charge in [-0.05, 0) is 36.4 Å². The number of hydrogen-bond acceptors (Lipinski definition) is 6. The van der Waals surface area contributed by atoms with E-state index < -0.39 is 0 Å². The van der Waals surface area contributed by atoms with E-state index in [9.17, 15) is 4.39 Å².